The van der Waals surface area contributed by atoms with Crippen molar-refractivity contribution in [1.82, 2.24) is 4.31 Å². The second kappa shape index (κ2) is 4.10. The van der Waals surface area contributed by atoms with Gasteiger partial charge in [-0.15, -0.1) is 0 Å². The molecular weight excluding hydrogens is 292 g/mol. The molecule has 0 amide bonds. The topological polar surface area (TPSA) is 37.4 Å². The highest BCUT2D eigenvalue weighted by atomic mass is 35.5. The monoisotopic (exact) mass is 295 g/mol. The van der Waals surface area contributed by atoms with Gasteiger partial charge >= 0.3 is 0 Å². The van der Waals surface area contributed by atoms with Gasteiger partial charge in [-0.3, -0.25) is 0 Å². The van der Waals surface area contributed by atoms with Crippen molar-refractivity contribution in [3.63, 3.8) is 0 Å². The number of rotatable bonds is 1. The summed E-state index contributed by atoms with van der Waals surface area (Å²) in [6, 6.07) is 0. The largest absolute Gasteiger partial charge is 0.236 e. The van der Waals surface area contributed by atoms with E-state index in [2.05, 4.69) is 0 Å². The first-order valence-corrected chi connectivity index (χ1v) is 6.73. The predicted octanol–water partition coefficient (Wildman–Crippen LogP) is 2.60. The lowest BCUT2D eigenvalue weighted by Crippen LogP contribution is -2.36. The van der Waals surface area contributed by atoms with Gasteiger partial charge < -0.3 is 0 Å². The van der Waals surface area contributed by atoms with Crippen LogP contribution in [0, 0.1) is 0 Å². The molecule has 0 N–H and O–H groups in total. The minimum Gasteiger partial charge on any atom is -0.236 e. The summed E-state index contributed by atoms with van der Waals surface area (Å²) in [6.45, 7) is 0. The first-order chi connectivity index (χ1) is 6.25. The van der Waals surface area contributed by atoms with Gasteiger partial charge in [0.1, 0.15) is 5.16 Å². The highest BCUT2D eigenvalue weighted by Crippen LogP contribution is 2.36. The maximum atomic E-state index is 11.3. The minimum absolute atomic E-state index is 0.0407. The molecule has 1 aliphatic heterocycles. The van der Waals surface area contributed by atoms with Crippen molar-refractivity contribution < 1.29 is 8.42 Å². The highest BCUT2D eigenvalue weighted by molar-refractivity contribution is 7.88. The lowest BCUT2D eigenvalue weighted by atomic mass is 10.4. The Balaban J connectivity index is 3.29. The quantitative estimate of drug-likeness (QED) is 0.551. The van der Waals surface area contributed by atoms with E-state index in [1.807, 2.05) is 0 Å². The fourth-order valence-corrected chi connectivity index (χ4v) is 3.47. The Hall–Kier alpha value is 0.390. The molecule has 0 fully saturated rings. The molecule has 80 valence electrons. The van der Waals surface area contributed by atoms with E-state index in [4.69, 9.17) is 46.4 Å². The first kappa shape index (κ1) is 12.5. The maximum absolute atomic E-state index is 11.3. The molecule has 14 heavy (non-hydrogen) atoms. The zero-order valence-corrected chi connectivity index (χ0v) is 10.7. The SMILES string of the molecule is CS(=O)(=O)N1C(Cl)=C(Cl)C=C(Cl)C1Cl. The average Bonchev–Trinajstić information content (AvgIpc) is 1.98. The van der Waals surface area contributed by atoms with Gasteiger partial charge in [0.15, 0.2) is 5.50 Å². The van der Waals surface area contributed by atoms with Crippen LogP contribution in [0.15, 0.2) is 21.3 Å². The van der Waals surface area contributed by atoms with Gasteiger partial charge in [-0.25, -0.2) is 12.7 Å². The van der Waals surface area contributed by atoms with E-state index in [1.165, 1.54) is 6.08 Å². The fourth-order valence-electron chi connectivity index (χ4n) is 0.880. The Bertz CT molecular complexity index is 414. The average molecular weight is 297 g/mol. The molecule has 0 aliphatic carbocycles. The third-order valence-electron chi connectivity index (χ3n) is 1.45. The summed E-state index contributed by atoms with van der Waals surface area (Å²) in [6.07, 6.45) is 2.27. The molecule has 0 radical (unpaired) electrons. The second-order valence-corrected chi connectivity index (χ2v) is 6.04. The summed E-state index contributed by atoms with van der Waals surface area (Å²) in [4.78, 5) is 0. The number of hydrogen-bond acceptors (Lipinski definition) is 2. The van der Waals surface area contributed by atoms with E-state index >= 15 is 0 Å². The van der Waals surface area contributed by atoms with Crippen LogP contribution < -0.4 is 0 Å². The first-order valence-electron chi connectivity index (χ1n) is 3.31. The molecule has 0 saturated carbocycles. The van der Waals surface area contributed by atoms with Crippen molar-refractivity contribution in [2.45, 2.75) is 5.50 Å². The molecule has 0 bridgehead atoms. The standard InChI is InChI=1S/C6H5Cl4NO2S/c1-14(12,13)11-5(9)3(7)2-4(8)6(11)10/h2,5H,1H3. The summed E-state index contributed by atoms with van der Waals surface area (Å²) in [5.74, 6) is 0. The summed E-state index contributed by atoms with van der Waals surface area (Å²) in [5, 5.41) is -0.0101. The number of sulfonamides is 1. The normalized spacial score (nSPS) is 23.9. The summed E-state index contributed by atoms with van der Waals surface area (Å²) >= 11 is 22.8. The minimum atomic E-state index is -3.59. The van der Waals surface area contributed by atoms with Gasteiger partial charge in [0.2, 0.25) is 10.0 Å². The third-order valence-corrected chi connectivity index (χ3v) is 4.40. The zero-order chi connectivity index (χ0) is 11.1. The predicted molar refractivity (Wildman–Crippen MR) is 59.0 cm³/mol. The molecule has 1 heterocycles. The Labute approximate surface area is 102 Å². The molecule has 1 rings (SSSR count). The number of hydrogen-bond donors (Lipinski definition) is 0. The van der Waals surface area contributed by atoms with Crippen molar-refractivity contribution in [2.75, 3.05) is 6.26 Å². The number of alkyl halides is 1. The van der Waals surface area contributed by atoms with Crippen LogP contribution >= 0.6 is 46.4 Å². The molecule has 8 heteroatoms. The van der Waals surface area contributed by atoms with Gasteiger partial charge in [0, 0.05) is 0 Å². The number of halogens is 4. The van der Waals surface area contributed by atoms with E-state index in [0.717, 1.165) is 10.6 Å². The Morgan fingerprint density at radius 2 is 1.86 bits per heavy atom. The molecule has 0 aromatic carbocycles. The number of nitrogens with zero attached hydrogens (tertiary/aromatic N) is 1. The van der Waals surface area contributed by atoms with Gasteiger partial charge in [-0.2, -0.15) is 0 Å². The number of allylic oxidation sites excluding steroid dienone is 2. The molecule has 1 aliphatic rings. The highest BCUT2D eigenvalue weighted by Gasteiger charge is 2.33. The Morgan fingerprint density at radius 3 is 2.29 bits per heavy atom. The molecule has 0 aromatic heterocycles. The lowest BCUT2D eigenvalue weighted by Gasteiger charge is -2.29. The van der Waals surface area contributed by atoms with Crippen LogP contribution in [0.2, 0.25) is 0 Å². The van der Waals surface area contributed by atoms with E-state index in [9.17, 15) is 8.42 Å². The van der Waals surface area contributed by atoms with Gasteiger partial charge in [-0.05, 0) is 6.08 Å². The lowest BCUT2D eigenvalue weighted by molar-refractivity contribution is 0.499. The van der Waals surface area contributed by atoms with Crippen molar-refractivity contribution in [1.29, 1.82) is 0 Å². The Kier molecular flexibility index (Phi) is 3.65. The van der Waals surface area contributed by atoms with Crippen LogP contribution in [0.3, 0.4) is 0 Å². The molecule has 0 aromatic rings. The molecule has 0 saturated heterocycles. The van der Waals surface area contributed by atoms with Crippen LogP contribution in [0.4, 0.5) is 0 Å². The molecule has 3 nitrogen and oxygen atoms in total. The van der Waals surface area contributed by atoms with E-state index in [-0.39, 0.29) is 15.2 Å². The summed E-state index contributed by atoms with van der Waals surface area (Å²) < 4.78 is 23.3. The van der Waals surface area contributed by atoms with Crippen LogP contribution in [-0.4, -0.2) is 24.5 Å². The van der Waals surface area contributed by atoms with Crippen LogP contribution in [0.25, 0.3) is 0 Å². The van der Waals surface area contributed by atoms with Crippen LogP contribution in [-0.2, 0) is 10.0 Å². The smallest absolute Gasteiger partial charge is 0.234 e. The molecule has 1 unspecified atom stereocenters. The van der Waals surface area contributed by atoms with E-state index in [1.54, 1.807) is 0 Å². The maximum Gasteiger partial charge on any atom is 0.234 e. The van der Waals surface area contributed by atoms with Crippen LogP contribution in [0.1, 0.15) is 0 Å². The van der Waals surface area contributed by atoms with Crippen molar-refractivity contribution in [3.8, 4) is 0 Å². The van der Waals surface area contributed by atoms with Crippen LogP contribution in [0.5, 0.6) is 0 Å². The zero-order valence-electron chi connectivity index (χ0n) is 6.84. The molecule has 1 atom stereocenters. The summed E-state index contributed by atoms with van der Waals surface area (Å²) in [7, 11) is -3.59. The van der Waals surface area contributed by atoms with Crippen molar-refractivity contribution in [3.05, 3.63) is 21.3 Å². The van der Waals surface area contributed by atoms with Gasteiger partial charge in [0.25, 0.3) is 0 Å². The molecular formula is C6H5Cl4NO2S. The van der Waals surface area contributed by atoms with Crippen molar-refractivity contribution in [2.24, 2.45) is 0 Å². The van der Waals surface area contributed by atoms with Gasteiger partial charge in [-0.1, -0.05) is 46.4 Å². The van der Waals surface area contributed by atoms with E-state index in [0.29, 0.717) is 0 Å². The van der Waals surface area contributed by atoms with E-state index < -0.39 is 15.5 Å². The summed E-state index contributed by atoms with van der Waals surface area (Å²) in [5.41, 5.74) is -1.04. The van der Waals surface area contributed by atoms with Gasteiger partial charge in [0.05, 0.1) is 16.3 Å². The third kappa shape index (κ3) is 2.31. The fraction of sp³-hybridized carbons (Fsp3) is 0.333. The second-order valence-electron chi connectivity index (χ2n) is 2.56. The van der Waals surface area contributed by atoms with Crippen molar-refractivity contribution >= 4 is 56.4 Å². The Morgan fingerprint density at radius 1 is 1.36 bits per heavy atom. The molecule has 0 spiro atoms.